The zero-order valence-electron chi connectivity index (χ0n) is 9.72. The summed E-state index contributed by atoms with van der Waals surface area (Å²) in [6, 6.07) is 3.69. The molecule has 1 aliphatic heterocycles. The zero-order chi connectivity index (χ0) is 11.8. The summed E-state index contributed by atoms with van der Waals surface area (Å²) >= 11 is 0. The van der Waals surface area contributed by atoms with Crippen molar-refractivity contribution in [2.75, 3.05) is 18.0 Å². The number of hydrogen-bond acceptors (Lipinski definition) is 4. The molecule has 0 spiro atoms. The van der Waals surface area contributed by atoms with Crippen LogP contribution in [0.25, 0.3) is 0 Å². The van der Waals surface area contributed by atoms with Gasteiger partial charge in [-0.2, -0.15) is 0 Å². The number of β-amino-alcohol motifs (C(OH)–C–C–N with tert-alkyl or cyclic N) is 1. The predicted molar refractivity (Wildman–Crippen MR) is 62.3 cm³/mol. The van der Waals surface area contributed by atoms with Crippen molar-refractivity contribution in [1.29, 1.82) is 0 Å². The van der Waals surface area contributed by atoms with Crippen LogP contribution in [0.1, 0.15) is 31.9 Å². The van der Waals surface area contributed by atoms with Gasteiger partial charge in [-0.3, -0.25) is 0 Å². The molecule has 4 heteroatoms. The van der Waals surface area contributed by atoms with Crippen LogP contribution >= 0.6 is 0 Å². The van der Waals surface area contributed by atoms with Gasteiger partial charge < -0.3 is 15.1 Å². The Hall–Kier alpha value is -1.13. The van der Waals surface area contributed by atoms with Crippen LogP contribution in [0.15, 0.2) is 18.3 Å². The van der Waals surface area contributed by atoms with Crippen molar-refractivity contribution < 1.29 is 10.2 Å². The molecule has 0 bridgehead atoms. The van der Waals surface area contributed by atoms with E-state index >= 15 is 0 Å². The van der Waals surface area contributed by atoms with E-state index in [2.05, 4.69) is 4.98 Å². The number of nitrogens with zero attached hydrogens (tertiary/aromatic N) is 2. The van der Waals surface area contributed by atoms with Gasteiger partial charge >= 0.3 is 0 Å². The molecular formula is C12H18N2O2. The fraction of sp³-hybridized carbons (Fsp3) is 0.583. The molecule has 0 saturated carbocycles. The number of aliphatic hydroxyl groups excluding tert-OH is 1. The van der Waals surface area contributed by atoms with E-state index in [1.54, 1.807) is 13.1 Å². The maximum absolute atomic E-state index is 9.89. The van der Waals surface area contributed by atoms with Crippen molar-refractivity contribution in [3.05, 3.63) is 23.9 Å². The third-order valence-electron chi connectivity index (χ3n) is 3.03. The second kappa shape index (κ2) is 4.03. The Morgan fingerprint density at radius 3 is 2.88 bits per heavy atom. The van der Waals surface area contributed by atoms with E-state index in [0.29, 0.717) is 6.54 Å². The van der Waals surface area contributed by atoms with Crippen molar-refractivity contribution in [2.45, 2.75) is 32.0 Å². The first-order valence-electron chi connectivity index (χ1n) is 5.59. The SMILES string of the molecule is CC(O)c1ccnc(N2CCC(C)(O)C2)c1. The molecule has 1 aliphatic rings. The van der Waals surface area contributed by atoms with Crippen LogP contribution in [0.5, 0.6) is 0 Å². The lowest BCUT2D eigenvalue weighted by atomic mass is 10.1. The highest BCUT2D eigenvalue weighted by Crippen LogP contribution is 2.26. The van der Waals surface area contributed by atoms with Gasteiger partial charge in [0.2, 0.25) is 0 Å². The second-order valence-corrected chi connectivity index (χ2v) is 4.79. The van der Waals surface area contributed by atoms with Crippen molar-refractivity contribution in [3.63, 3.8) is 0 Å². The van der Waals surface area contributed by atoms with Gasteiger partial charge in [0.25, 0.3) is 0 Å². The normalized spacial score (nSPS) is 27.1. The Morgan fingerprint density at radius 1 is 1.56 bits per heavy atom. The van der Waals surface area contributed by atoms with Gasteiger partial charge in [-0.05, 0) is 38.0 Å². The highest BCUT2D eigenvalue weighted by molar-refractivity contribution is 5.43. The fourth-order valence-corrected chi connectivity index (χ4v) is 2.01. The number of aromatic nitrogens is 1. The molecule has 88 valence electrons. The van der Waals surface area contributed by atoms with Crippen LogP contribution < -0.4 is 4.90 Å². The van der Waals surface area contributed by atoms with E-state index in [1.165, 1.54) is 0 Å². The quantitative estimate of drug-likeness (QED) is 0.786. The number of pyridine rings is 1. The molecule has 2 N–H and O–H groups in total. The van der Waals surface area contributed by atoms with E-state index < -0.39 is 11.7 Å². The summed E-state index contributed by atoms with van der Waals surface area (Å²) in [7, 11) is 0. The summed E-state index contributed by atoms with van der Waals surface area (Å²) in [5.74, 6) is 0.830. The molecule has 1 aromatic heterocycles. The standard InChI is InChI=1S/C12H18N2O2/c1-9(15)10-3-5-13-11(7-10)14-6-4-12(2,16)8-14/h3,5,7,9,15-16H,4,6,8H2,1-2H3. The molecular weight excluding hydrogens is 204 g/mol. The first-order valence-corrected chi connectivity index (χ1v) is 5.59. The number of hydrogen-bond donors (Lipinski definition) is 2. The third kappa shape index (κ3) is 2.33. The highest BCUT2D eigenvalue weighted by atomic mass is 16.3. The van der Waals surface area contributed by atoms with Crippen molar-refractivity contribution in [2.24, 2.45) is 0 Å². The summed E-state index contributed by atoms with van der Waals surface area (Å²) in [6.07, 6.45) is 1.97. The number of aliphatic hydroxyl groups is 2. The molecule has 0 radical (unpaired) electrons. The van der Waals surface area contributed by atoms with Gasteiger partial charge in [0.05, 0.1) is 11.7 Å². The number of rotatable bonds is 2. The van der Waals surface area contributed by atoms with Crippen LogP contribution in [-0.4, -0.2) is 33.9 Å². The van der Waals surface area contributed by atoms with Crippen molar-refractivity contribution >= 4 is 5.82 Å². The topological polar surface area (TPSA) is 56.6 Å². The summed E-state index contributed by atoms with van der Waals surface area (Å²) in [4.78, 5) is 6.32. The molecule has 16 heavy (non-hydrogen) atoms. The maximum Gasteiger partial charge on any atom is 0.128 e. The van der Waals surface area contributed by atoms with Crippen molar-refractivity contribution in [3.8, 4) is 0 Å². The fourth-order valence-electron chi connectivity index (χ4n) is 2.01. The molecule has 2 heterocycles. The van der Waals surface area contributed by atoms with Crippen LogP contribution in [0.3, 0.4) is 0 Å². The molecule has 2 unspecified atom stereocenters. The van der Waals surface area contributed by atoms with Crippen molar-refractivity contribution in [1.82, 2.24) is 4.98 Å². The lowest BCUT2D eigenvalue weighted by molar-refractivity contribution is 0.0839. The lowest BCUT2D eigenvalue weighted by Crippen LogP contribution is -2.30. The van der Waals surface area contributed by atoms with Gasteiger partial charge in [-0.1, -0.05) is 0 Å². The summed E-state index contributed by atoms with van der Waals surface area (Å²) in [5.41, 5.74) is 0.235. The monoisotopic (exact) mass is 222 g/mol. The van der Waals surface area contributed by atoms with Gasteiger partial charge in [-0.15, -0.1) is 0 Å². The second-order valence-electron chi connectivity index (χ2n) is 4.79. The van der Waals surface area contributed by atoms with E-state index in [0.717, 1.165) is 24.3 Å². The number of anilines is 1. The van der Waals surface area contributed by atoms with Gasteiger partial charge in [0.1, 0.15) is 5.82 Å². The molecule has 2 atom stereocenters. The van der Waals surface area contributed by atoms with E-state index in [-0.39, 0.29) is 0 Å². The van der Waals surface area contributed by atoms with E-state index in [4.69, 9.17) is 0 Å². The molecule has 1 aromatic rings. The average Bonchev–Trinajstić information content (AvgIpc) is 2.59. The molecule has 0 aromatic carbocycles. The van der Waals surface area contributed by atoms with Crippen LogP contribution in [0.2, 0.25) is 0 Å². The Balaban J connectivity index is 2.19. The highest BCUT2D eigenvalue weighted by Gasteiger charge is 2.31. The first-order chi connectivity index (χ1) is 7.48. The molecule has 2 rings (SSSR count). The largest absolute Gasteiger partial charge is 0.389 e. The Morgan fingerprint density at radius 2 is 2.31 bits per heavy atom. The van der Waals surface area contributed by atoms with Crippen LogP contribution in [0.4, 0.5) is 5.82 Å². The first kappa shape index (κ1) is 11.4. The third-order valence-corrected chi connectivity index (χ3v) is 3.03. The van der Waals surface area contributed by atoms with Gasteiger partial charge in [-0.25, -0.2) is 4.98 Å². The average molecular weight is 222 g/mol. The molecule has 0 amide bonds. The summed E-state index contributed by atoms with van der Waals surface area (Å²) < 4.78 is 0. The van der Waals surface area contributed by atoms with E-state index in [1.807, 2.05) is 24.0 Å². The van der Waals surface area contributed by atoms with Gasteiger partial charge in [0.15, 0.2) is 0 Å². The Bertz CT molecular complexity index is 377. The Kier molecular flexibility index (Phi) is 2.86. The minimum absolute atomic E-state index is 0.482. The van der Waals surface area contributed by atoms with Crippen LogP contribution in [0, 0.1) is 0 Å². The van der Waals surface area contributed by atoms with E-state index in [9.17, 15) is 10.2 Å². The zero-order valence-corrected chi connectivity index (χ0v) is 9.72. The summed E-state index contributed by atoms with van der Waals surface area (Å²) in [5, 5.41) is 19.4. The Labute approximate surface area is 95.5 Å². The molecule has 1 saturated heterocycles. The summed E-state index contributed by atoms with van der Waals surface area (Å²) in [6.45, 7) is 4.98. The van der Waals surface area contributed by atoms with Crippen LogP contribution in [-0.2, 0) is 0 Å². The predicted octanol–water partition coefficient (Wildman–Crippen LogP) is 1.10. The lowest BCUT2D eigenvalue weighted by Gasteiger charge is -2.20. The minimum Gasteiger partial charge on any atom is -0.389 e. The van der Waals surface area contributed by atoms with Gasteiger partial charge in [0, 0.05) is 19.3 Å². The molecule has 4 nitrogen and oxygen atoms in total. The molecule has 1 fully saturated rings. The molecule has 0 aliphatic carbocycles. The smallest absolute Gasteiger partial charge is 0.128 e. The maximum atomic E-state index is 9.89. The minimum atomic E-state index is -0.623.